The molecule has 1 heterocycles. The van der Waals surface area contributed by atoms with Gasteiger partial charge in [-0.3, -0.25) is 4.79 Å². The molecule has 0 fully saturated rings. The SMILES string of the molecule is CC(C)(C(=O)NCc1ccc2c(c1)CNC2)S(C)(=O)=O.Cl. The number of rotatable bonds is 4. The van der Waals surface area contributed by atoms with Crippen LogP contribution in [0.4, 0.5) is 0 Å². The molecule has 2 N–H and O–H groups in total. The van der Waals surface area contributed by atoms with Gasteiger partial charge in [-0.15, -0.1) is 12.4 Å². The average molecular weight is 333 g/mol. The molecule has 1 amide bonds. The predicted molar refractivity (Wildman–Crippen MR) is 85.0 cm³/mol. The number of amides is 1. The summed E-state index contributed by atoms with van der Waals surface area (Å²) >= 11 is 0. The zero-order chi connectivity index (χ0) is 15.0. The Morgan fingerprint density at radius 1 is 1.29 bits per heavy atom. The fourth-order valence-corrected chi connectivity index (χ4v) is 2.43. The zero-order valence-electron chi connectivity index (χ0n) is 12.4. The van der Waals surface area contributed by atoms with Crippen molar-refractivity contribution in [3.8, 4) is 0 Å². The Labute approximate surface area is 131 Å². The lowest BCUT2D eigenvalue weighted by atomic mass is 10.1. The van der Waals surface area contributed by atoms with Gasteiger partial charge in [0.05, 0.1) is 0 Å². The van der Waals surface area contributed by atoms with Crippen LogP contribution in [0.1, 0.15) is 30.5 Å². The molecule has 0 spiro atoms. The van der Waals surface area contributed by atoms with Crippen molar-refractivity contribution in [1.82, 2.24) is 10.6 Å². The normalized spacial score (nSPS) is 14.2. The first kappa shape index (κ1) is 17.9. The monoisotopic (exact) mass is 332 g/mol. The summed E-state index contributed by atoms with van der Waals surface area (Å²) in [5, 5.41) is 5.96. The van der Waals surface area contributed by atoms with E-state index >= 15 is 0 Å². The molecule has 1 aromatic rings. The second-order valence-electron chi connectivity index (χ2n) is 5.67. The second kappa shape index (κ2) is 6.34. The number of nitrogens with one attached hydrogen (secondary N) is 2. The third-order valence-electron chi connectivity index (χ3n) is 3.83. The Morgan fingerprint density at radius 2 is 1.90 bits per heavy atom. The molecule has 0 radical (unpaired) electrons. The van der Waals surface area contributed by atoms with Crippen LogP contribution in [0, 0.1) is 0 Å². The van der Waals surface area contributed by atoms with Gasteiger partial charge >= 0.3 is 0 Å². The molecule has 21 heavy (non-hydrogen) atoms. The number of carbonyl (C=O) groups excluding carboxylic acids is 1. The molecule has 1 aliphatic rings. The van der Waals surface area contributed by atoms with Gasteiger partial charge in [-0.05, 0) is 30.5 Å². The molecule has 118 valence electrons. The van der Waals surface area contributed by atoms with E-state index in [0.717, 1.165) is 24.9 Å². The van der Waals surface area contributed by atoms with E-state index in [1.807, 2.05) is 18.2 Å². The standard InChI is InChI=1S/C14H20N2O3S.ClH/c1-14(2,20(3,18)19)13(17)16-7-10-4-5-11-8-15-9-12(11)6-10;/h4-6,15H,7-9H2,1-3H3,(H,16,17);1H. The molecule has 2 rings (SSSR count). The van der Waals surface area contributed by atoms with Gasteiger partial charge in [-0.25, -0.2) is 8.42 Å². The topological polar surface area (TPSA) is 75.3 Å². The van der Waals surface area contributed by atoms with Crippen LogP contribution in [0.2, 0.25) is 0 Å². The number of hydrogen-bond donors (Lipinski definition) is 2. The summed E-state index contributed by atoms with van der Waals surface area (Å²) in [6.45, 7) is 4.90. The first-order valence-electron chi connectivity index (χ1n) is 6.51. The third-order valence-corrected chi connectivity index (χ3v) is 5.87. The molecule has 0 bridgehead atoms. The Kier molecular flexibility index (Phi) is 5.41. The summed E-state index contributed by atoms with van der Waals surface area (Å²) in [5.74, 6) is -0.473. The lowest BCUT2D eigenvalue weighted by Gasteiger charge is -2.21. The number of fused-ring (bicyclic) bond motifs is 1. The molecule has 0 saturated heterocycles. The first-order chi connectivity index (χ1) is 9.22. The van der Waals surface area contributed by atoms with Crippen LogP contribution in [0.3, 0.4) is 0 Å². The van der Waals surface area contributed by atoms with Crippen LogP contribution >= 0.6 is 12.4 Å². The van der Waals surface area contributed by atoms with Gasteiger partial charge in [0.15, 0.2) is 9.84 Å². The van der Waals surface area contributed by atoms with Crippen LogP contribution in [-0.2, 0) is 34.3 Å². The van der Waals surface area contributed by atoms with Crippen LogP contribution < -0.4 is 10.6 Å². The van der Waals surface area contributed by atoms with E-state index in [2.05, 4.69) is 10.6 Å². The lowest BCUT2D eigenvalue weighted by molar-refractivity contribution is -0.123. The largest absolute Gasteiger partial charge is 0.351 e. The molecule has 0 aromatic heterocycles. The fraction of sp³-hybridized carbons (Fsp3) is 0.500. The second-order valence-corrected chi connectivity index (χ2v) is 8.24. The molecule has 0 aliphatic carbocycles. The van der Waals surface area contributed by atoms with Crippen LogP contribution in [0.25, 0.3) is 0 Å². The third kappa shape index (κ3) is 3.75. The van der Waals surface area contributed by atoms with Crippen LogP contribution in [0.15, 0.2) is 18.2 Å². The molecule has 0 atom stereocenters. The number of carbonyl (C=O) groups is 1. The molecular weight excluding hydrogens is 312 g/mol. The van der Waals surface area contributed by atoms with Crippen molar-refractivity contribution in [2.45, 2.75) is 38.2 Å². The fourth-order valence-electron chi connectivity index (χ4n) is 2.02. The molecule has 0 unspecified atom stereocenters. The summed E-state index contributed by atoms with van der Waals surface area (Å²) in [6, 6.07) is 6.04. The highest BCUT2D eigenvalue weighted by Gasteiger charge is 2.38. The van der Waals surface area contributed by atoms with Crippen molar-refractivity contribution >= 4 is 28.2 Å². The summed E-state index contributed by atoms with van der Waals surface area (Å²) in [5.41, 5.74) is 3.49. The van der Waals surface area contributed by atoms with Crippen molar-refractivity contribution in [3.05, 3.63) is 34.9 Å². The highest BCUT2D eigenvalue weighted by Crippen LogP contribution is 2.18. The van der Waals surface area contributed by atoms with Gasteiger partial charge in [0, 0.05) is 25.9 Å². The Bertz CT molecular complexity index is 642. The molecular formula is C14H21ClN2O3S. The number of hydrogen-bond acceptors (Lipinski definition) is 4. The molecule has 1 aromatic carbocycles. The minimum atomic E-state index is -3.44. The smallest absolute Gasteiger partial charge is 0.241 e. The van der Waals surface area contributed by atoms with Gasteiger partial charge in [0.2, 0.25) is 5.91 Å². The predicted octanol–water partition coefficient (Wildman–Crippen LogP) is 1.15. The molecule has 7 heteroatoms. The van der Waals surface area contributed by atoms with Crippen molar-refractivity contribution in [1.29, 1.82) is 0 Å². The maximum absolute atomic E-state index is 12.0. The van der Waals surface area contributed by atoms with E-state index in [9.17, 15) is 13.2 Å². The van der Waals surface area contributed by atoms with Crippen LogP contribution in [-0.4, -0.2) is 25.3 Å². The minimum absolute atomic E-state index is 0. The van der Waals surface area contributed by atoms with E-state index in [1.54, 1.807) is 0 Å². The van der Waals surface area contributed by atoms with Crippen molar-refractivity contribution in [2.24, 2.45) is 0 Å². The Balaban J connectivity index is 0.00000220. The number of halogens is 1. The quantitative estimate of drug-likeness (QED) is 0.867. The molecule has 1 aliphatic heterocycles. The average Bonchev–Trinajstić information content (AvgIpc) is 2.81. The molecule has 5 nitrogen and oxygen atoms in total. The van der Waals surface area contributed by atoms with Gasteiger partial charge in [0.25, 0.3) is 0 Å². The summed E-state index contributed by atoms with van der Waals surface area (Å²) < 4.78 is 21.8. The number of sulfone groups is 1. The minimum Gasteiger partial charge on any atom is -0.351 e. The summed E-state index contributed by atoms with van der Waals surface area (Å²) in [6.07, 6.45) is 1.08. The van der Waals surface area contributed by atoms with Crippen molar-refractivity contribution in [3.63, 3.8) is 0 Å². The van der Waals surface area contributed by atoms with Gasteiger partial charge in [-0.1, -0.05) is 18.2 Å². The van der Waals surface area contributed by atoms with E-state index in [-0.39, 0.29) is 12.4 Å². The first-order valence-corrected chi connectivity index (χ1v) is 8.40. The highest BCUT2D eigenvalue weighted by atomic mass is 35.5. The number of benzene rings is 1. The van der Waals surface area contributed by atoms with E-state index < -0.39 is 20.5 Å². The van der Waals surface area contributed by atoms with Crippen LogP contribution in [0.5, 0.6) is 0 Å². The van der Waals surface area contributed by atoms with Crippen molar-refractivity contribution in [2.75, 3.05) is 6.26 Å². The molecule has 0 saturated carbocycles. The zero-order valence-corrected chi connectivity index (χ0v) is 14.0. The van der Waals surface area contributed by atoms with E-state index in [1.165, 1.54) is 25.0 Å². The maximum atomic E-state index is 12.0. The Hall–Kier alpha value is -1.11. The highest BCUT2D eigenvalue weighted by molar-refractivity contribution is 7.92. The Morgan fingerprint density at radius 3 is 2.52 bits per heavy atom. The van der Waals surface area contributed by atoms with Gasteiger partial charge < -0.3 is 10.6 Å². The lowest BCUT2D eigenvalue weighted by Crippen LogP contribution is -2.47. The summed E-state index contributed by atoms with van der Waals surface area (Å²) in [4.78, 5) is 12.0. The van der Waals surface area contributed by atoms with E-state index in [0.29, 0.717) is 6.54 Å². The van der Waals surface area contributed by atoms with Crippen molar-refractivity contribution < 1.29 is 13.2 Å². The summed E-state index contributed by atoms with van der Waals surface area (Å²) in [7, 11) is -3.44. The van der Waals surface area contributed by atoms with E-state index in [4.69, 9.17) is 0 Å². The van der Waals surface area contributed by atoms with Gasteiger partial charge in [-0.2, -0.15) is 0 Å². The van der Waals surface area contributed by atoms with Gasteiger partial charge in [0.1, 0.15) is 4.75 Å². The maximum Gasteiger partial charge on any atom is 0.241 e.